The molecule has 12 heteroatoms. The lowest BCUT2D eigenvalue weighted by Gasteiger charge is -2.13. The molecule has 1 saturated carbocycles. The summed E-state index contributed by atoms with van der Waals surface area (Å²) in [6, 6.07) is 6.20. The molecule has 0 bridgehead atoms. The van der Waals surface area contributed by atoms with Gasteiger partial charge in [-0.2, -0.15) is 36.9 Å². The van der Waals surface area contributed by atoms with Gasteiger partial charge in [0.25, 0.3) is 5.92 Å². The highest BCUT2D eigenvalue weighted by molar-refractivity contribution is 5.59. The van der Waals surface area contributed by atoms with Gasteiger partial charge in [0.2, 0.25) is 11.9 Å². The predicted octanol–water partition coefficient (Wildman–Crippen LogP) is 6.54. The van der Waals surface area contributed by atoms with Crippen LogP contribution < -0.4 is 10.6 Å². The van der Waals surface area contributed by atoms with Gasteiger partial charge in [-0.25, -0.2) is 4.98 Å². The summed E-state index contributed by atoms with van der Waals surface area (Å²) in [6.07, 6.45) is -1.46. The second-order valence-corrected chi connectivity index (χ2v) is 7.48. The number of pyridine rings is 2. The van der Waals surface area contributed by atoms with Crippen molar-refractivity contribution >= 4 is 17.6 Å². The van der Waals surface area contributed by atoms with E-state index >= 15 is 0 Å². The summed E-state index contributed by atoms with van der Waals surface area (Å²) >= 11 is 0. The first-order valence-electron chi connectivity index (χ1n) is 10.7. The number of nitrogens with zero attached hydrogens (tertiary/aromatic N) is 5. The first-order valence-corrected chi connectivity index (χ1v) is 10.7. The number of rotatable bonds is 7. The van der Waals surface area contributed by atoms with E-state index < -0.39 is 23.5 Å². The molecule has 3 aromatic heterocycles. The number of hydrogen-bond acceptors (Lipinski definition) is 7. The Bertz CT molecular complexity index is 1120. The minimum absolute atomic E-state index is 0. The van der Waals surface area contributed by atoms with Crippen molar-refractivity contribution in [2.24, 2.45) is 5.92 Å². The van der Waals surface area contributed by atoms with Crippen LogP contribution in [-0.2, 0) is 12.1 Å². The van der Waals surface area contributed by atoms with Crippen LogP contribution in [-0.4, -0.2) is 31.5 Å². The molecule has 0 aromatic carbocycles. The molecule has 1 aliphatic carbocycles. The maximum absolute atomic E-state index is 13.7. The molecule has 0 radical (unpaired) electrons. The molecule has 7 nitrogen and oxygen atoms in total. The van der Waals surface area contributed by atoms with E-state index in [4.69, 9.17) is 0 Å². The van der Waals surface area contributed by atoms with Crippen molar-refractivity contribution in [3.63, 3.8) is 0 Å². The van der Waals surface area contributed by atoms with E-state index in [2.05, 4.69) is 35.6 Å². The van der Waals surface area contributed by atoms with Gasteiger partial charge in [0, 0.05) is 28.2 Å². The van der Waals surface area contributed by atoms with Gasteiger partial charge >= 0.3 is 6.18 Å². The van der Waals surface area contributed by atoms with E-state index in [0.717, 1.165) is 32.0 Å². The van der Waals surface area contributed by atoms with Gasteiger partial charge in [-0.1, -0.05) is 19.9 Å². The van der Waals surface area contributed by atoms with Crippen LogP contribution in [0.4, 0.5) is 39.5 Å². The summed E-state index contributed by atoms with van der Waals surface area (Å²) in [4.78, 5) is 19.9. The Labute approximate surface area is 196 Å². The van der Waals surface area contributed by atoms with E-state index in [0.29, 0.717) is 12.5 Å². The van der Waals surface area contributed by atoms with Crippen LogP contribution in [0.3, 0.4) is 0 Å². The summed E-state index contributed by atoms with van der Waals surface area (Å²) in [5.74, 6) is -2.59. The highest BCUT2D eigenvalue weighted by atomic mass is 19.4. The standard InChI is InChI=1S/C20H18F5N7.C2H6.2H2/c1-19(21,22)14-4-2-3-13(29-14)16-30-17(27-10-11-5-6-11)32-18(31-16)28-12-7-8-26-15(9-12)20(23,24)25;1-2;;/h2-4,7-9,11H,5-6,10H2,1H3,(H2,26,27,28,30,31,32);1-2H3;2*1H. The molecule has 1 aliphatic rings. The number of nitrogens with one attached hydrogen (secondary N) is 2. The SMILES string of the molecule is CC.CC(F)(F)c1cccc(-c2nc(NCC3CC3)nc(Nc3ccnc(C(F)(F)F)c3)n2)n1.[HH].[HH]. The zero-order chi connectivity index (χ0) is 24.9. The Hall–Kier alpha value is -3.44. The van der Waals surface area contributed by atoms with Crippen molar-refractivity contribution in [3.05, 3.63) is 47.9 Å². The van der Waals surface area contributed by atoms with E-state index in [9.17, 15) is 22.0 Å². The molecule has 0 amide bonds. The van der Waals surface area contributed by atoms with Gasteiger partial charge in [0.15, 0.2) is 5.82 Å². The van der Waals surface area contributed by atoms with E-state index in [-0.39, 0.29) is 32.0 Å². The topological polar surface area (TPSA) is 88.5 Å². The smallest absolute Gasteiger partial charge is 0.354 e. The van der Waals surface area contributed by atoms with Crippen molar-refractivity contribution < 1.29 is 24.8 Å². The van der Waals surface area contributed by atoms with E-state index in [1.807, 2.05) is 13.8 Å². The summed E-state index contributed by atoms with van der Waals surface area (Å²) in [7, 11) is 0. The average molecular weight is 486 g/mol. The van der Waals surface area contributed by atoms with Gasteiger partial charge in [-0.15, -0.1) is 0 Å². The number of anilines is 3. The van der Waals surface area contributed by atoms with Crippen molar-refractivity contribution in [3.8, 4) is 11.5 Å². The van der Waals surface area contributed by atoms with Gasteiger partial charge in [0.1, 0.15) is 17.1 Å². The minimum atomic E-state index is -4.62. The van der Waals surface area contributed by atoms with Crippen LogP contribution in [0.15, 0.2) is 36.5 Å². The fraction of sp³-hybridized carbons (Fsp3) is 0.409. The molecule has 0 atom stereocenters. The van der Waals surface area contributed by atoms with Crippen LogP contribution >= 0.6 is 0 Å². The Morgan fingerprint density at radius 3 is 2.29 bits per heavy atom. The van der Waals surface area contributed by atoms with Gasteiger partial charge in [0.05, 0.1) is 0 Å². The van der Waals surface area contributed by atoms with Crippen LogP contribution in [0.5, 0.6) is 0 Å². The monoisotopic (exact) mass is 485 g/mol. The number of halogens is 5. The Kier molecular flexibility index (Phi) is 7.57. The molecule has 3 heterocycles. The molecule has 3 aromatic rings. The molecule has 0 aliphatic heterocycles. The largest absolute Gasteiger partial charge is 0.433 e. The molecule has 1 fully saturated rings. The average Bonchev–Trinajstić information content (AvgIpc) is 3.63. The predicted molar refractivity (Wildman–Crippen MR) is 122 cm³/mol. The lowest BCUT2D eigenvalue weighted by Crippen LogP contribution is -2.13. The Balaban J connectivity index is 0.00000158. The first kappa shape index (κ1) is 25.2. The van der Waals surface area contributed by atoms with E-state index in [1.54, 1.807) is 0 Å². The fourth-order valence-corrected chi connectivity index (χ4v) is 2.78. The zero-order valence-electron chi connectivity index (χ0n) is 18.8. The third-order valence-corrected chi connectivity index (χ3v) is 4.62. The van der Waals surface area contributed by atoms with Crippen molar-refractivity contribution in [2.45, 2.75) is 45.7 Å². The van der Waals surface area contributed by atoms with Gasteiger partial charge in [-0.3, -0.25) is 4.98 Å². The third-order valence-electron chi connectivity index (χ3n) is 4.62. The summed E-state index contributed by atoms with van der Waals surface area (Å²) in [5, 5.41) is 5.75. The first-order chi connectivity index (χ1) is 16.1. The molecular weight excluding hydrogens is 457 g/mol. The lowest BCUT2D eigenvalue weighted by molar-refractivity contribution is -0.141. The molecule has 0 saturated heterocycles. The van der Waals surface area contributed by atoms with E-state index in [1.165, 1.54) is 24.3 Å². The summed E-state index contributed by atoms with van der Waals surface area (Å²) in [6.45, 7) is 5.33. The maximum Gasteiger partial charge on any atom is 0.433 e. The Morgan fingerprint density at radius 1 is 0.941 bits per heavy atom. The minimum Gasteiger partial charge on any atom is -0.354 e. The number of hydrogen-bond donors (Lipinski definition) is 2. The van der Waals surface area contributed by atoms with Crippen molar-refractivity contribution in [1.29, 1.82) is 0 Å². The second-order valence-electron chi connectivity index (χ2n) is 7.48. The highest BCUT2D eigenvalue weighted by Gasteiger charge is 2.32. The van der Waals surface area contributed by atoms with Crippen LogP contribution in [0.25, 0.3) is 11.5 Å². The molecule has 4 rings (SSSR count). The second kappa shape index (κ2) is 10.2. The van der Waals surface area contributed by atoms with Crippen molar-refractivity contribution in [1.82, 2.24) is 24.9 Å². The third kappa shape index (κ3) is 6.78. The summed E-state index contributed by atoms with van der Waals surface area (Å²) in [5.41, 5.74) is -1.40. The molecular formula is C22H28F5N7. The Morgan fingerprint density at radius 2 is 1.65 bits per heavy atom. The van der Waals surface area contributed by atoms with Gasteiger partial charge in [-0.05, 0) is 43.0 Å². The van der Waals surface area contributed by atoms with Crippen molar-refractivity contribution in [2.75, 3.05) is 17.2 Å². The summed E-state index contributed by atoms with van der Waals surface area (Å²) < 4.78 is 66.3. The lowest BCUT2D eigenvalue weighted by atomic mass is 10.2. The quantitative estimate of drug-likeness (QED) is 0.367. The highest BCUT2D eigenvalue weighted by Crippen LogP contribution is 2.31. The van der Waals surface area contributed by atoms with Crippen LogP contribution in [0.2, 0.25) is 0 Å². The number of alkyl halides is 5. The zero-order valence-corrected chi connectivity index (χ0v) is 18.8. The van der Waals surface area contributed by atoms with Gasteiger partial charge < -0.3 is 10.6 Å². The number of aromatic nitrogens is 5. The molecule has 0 unspecified atom stereocenters. The molecule has 2 N–H and O–H groups in total. The van der Waals surface area contributed by atoms with Crippen LogP contribution in [0.1, 0.15) is 47.9 Å². The normalized spacial score (nSPS) is 13.6. The fourth-order valence-electron chi connectivity index (χ4n) is 2.78. The molecule has 186 valence electrons. The van der Waals surface area contributed by atoms with Crippen LogP contribution in [0, 0.1) is 5.92 Å². The molecule has 34 heavy (non-hydrogen) atoms. The maximum atomic E-state index is 13.7. The molecule has 0 spiro atoms.